The number of thioether (sulfide) groups is 1. The van der Waals surface area contributed by atoms with Gasteiger partial charge in [-0.2, -0.15) is 0 Å². The number of nitrogens with zero attached hydrogens (tertiary/aromatic N) is 1. The summed E-state index contributed by atoms with van der Waals surface area (Å²) in [7, 11) is 0. The summed E-state index contributed by atoms with van der Waals surface area (Å²) in [5.41, 5.74) is 0. The number of ether oxygens (including phenoxy) is 1. The Morgan fingerprint density at radius 2 is 2.08 bits per heavy atom. The molecule has 0 fully saturated rings. The van der Waals surface area contributed by atoms with Gasteiger partial charge in [-0.1, -0.05) is 12.2 Å². The van der Waals surface area contributed by atoms with Crippen molar-refractivity contribution >= 4 is 61.8 Å². The Morgan fingerprint density at radius 1 is 1.38 bits per heavy atom. The topological polar surface area (TPSA) is 55.0 Å². The zero-order chi connectivity index (χ0) is 18.2. The molecule has 8 heteroatoms. The van der Waals surface area contributed by atoms with E-state index in [0.717, 1.165) is 18.4 Å². The van der Waals surface area contributed by atoms with Crippen molar-refractivity contribution in [2.24, 2.45) is 0 Å². The van der Waals surface area contributed by atoms with Crippen molar-refractivity contribution in [1.82, 2.24) is 9.97 Å². The van der Waals surface area contributed by atoms with E-state index in [-0.39, 0.29) is 5.97 Å². The summed E-state index contributed by atoms with van der Waals surface area (Å²) in [6.07, 6.45) is 7.02. The van der Waals surface area contributed by atoms with E-state index in [0.29, 0.717) is 6.61 Å². The summed E-state index contributed by atoms with van der Waals surface area (Å²) < 4.78 is 7.09. The largest absolute Gasteiger partial charge is 0.465 e. The van der Waals surface area contributed by atoms with Gasteiger partial charge in [0.15, 0.2) is 0 Å². The highest BCUT2D eigenvalue weighted by molar-refractivity contribution is 9.10. The number of rotatable bonds is 4. The van der Waals surface area contributed by atoms with Crippen molar-refractivity contribution in [2.45, 2.75) is 30.4 Å². The van der Waals surface area contributed by atoms with Crippen LogP contribution in [0.5, 0.6) is 0 Å². The van der Waals surface area contributed by atoms with Crippen LogP contribution in [0.1, 0.15) is 20.8 Å². The van der Waals surface area contributed by atoms with Gasteiger partial charge in [0, 0.05) is 34.2 Å². The highest BCUT2D eigenvalue weighted by Crippen LogP contribution is 2.37. The fourth-order valence-corrected chi connectivity index (χ4v) is 3.32. The summed E-state index contributed by atoms with van der Waals surface area (Å²) in [5, 5.41) is 0. The van der Waals surface area contributed by atoms with Crippen LogP contribution in [0, 0.1) is 4.51 Å². The molecule has 130 valence electrons. The molecule has 1 N–H and O–H groups in total. The molecule has 2 heterocycles. The number of carbonyl (C=O) groups excluding carboxylic acids is 1. The first-order valence-corrected chi connectivity index (χ1v) is 9.87. The van der Waals surface area contributed by atoms with Gasteiger partial charge < -0.3 is 9.72 Å². The lowest BCUT2D eigenvalue weighted by molar-refractivity contribution is -0.145. The molecular formula is C16H18Br2N2O2S2. The molecule has 24 heavy (non-hydrogen) atoms. The van der Waals surface area contributed by atoms with Gasteiger partial charge in [0.25, 0.3) is 0 Å². The van der Waals surface area contributed by atoms with Gasteiger partial charge in [-0.15, -0.1) is 11.8 Å². The van der Waals surface area contributed by atoms with Crippen LogP contribution >= 0.6 is 55.8 Å². The Kier molecular flexibility index (Phi) is 9.18. The van der Waals surface area contributed by atoms with Crippen molar-refractivity contribution in [3.05, 3.63) is 50.4 Å². The van der Waals surface area contributed by atoms with E-state index in [1.54, 1.807) is 25.5 Å². The van der Waals surface area contributed by atoms with Gasteiger partial charge in [0.05, 0.1) is 15.6 Å². The molecule has 0 radical (unpaired) electrons. The van der Waals surface area contributed by atoms with Gasteiger partial charge in [-0.3, -0.25) is 9.78 Å². The van der Waals surface area contributed by atoms with Crippen molar-refractivity contribution in [1.29, 1.82) is 0 Å². The van der Waals surface area contributed by atoms with Gasteiger partial charge in [-0.05, 0) is 64.8 Å². The van der Waals surface area contributed by atoms with E-state index >= 15 is 0 Å². The fraction of sp³-hybridized carbons (Fsp3) is 0.312. The van der Waals surface area contributed by atoms with Crippen LogP contribution in [0.15, 0.2) is 50.8 Å². The van der Waals surface area contributed by atoms with E-state index in [9.17, 15) is 4.79 Å². The maximum absolute atomic E-state index is 11.7. The van der Waals surface area contributed by atoms with Crippen LogP contribution in [0.2, 0.25) is 0 Å². The molecule has 0 aliphatic rings. The van der Waals surface area contributed by atoms with Crippen molar-refractivity contribution in [2.75, 3.05) is 6.61 Å². The van der Waals surface area contributed by atoms with Crippen LogP contribution < -0.4 is 0 Å². The molecule has 0 spiro atoms. The highest BCUT2D eigenvalue weighted by Gasteiger charge is 2.31. The molecular weight excluding hydrogens is 476 g/mol. The Labute approximate surface area is 168 Å². The Balaban J connectivity index is 0.000000300. The number of halogens is 2. The lowest BCUT2D eigenvalue weighted by atomic mass is 10.2. The zero-order valence-electron chi connectivity index (χ0n) is 13.5. The first kappa shape index (κ1) is 21.3. The van der Waals surface area contributed by atoms with E-state index in [1.165, 1.54) is 11.8 Å². The molecule has 2 rings (SSSR count). The zero-order valence-corrected chi connectivity index (χ0v) is 18.3. The van der Waals surface area contributed by atoms with Crippen LogP contribution in [0.3, 0.4) is 0 Å². The molecule has 0 saturated carbocycles. The second kappa shape index (κ2) is 10.3. The van der Waals surface area contributed by atoms with E-state index < -0.39 is 4.75 Å². The minimum absolute atomic E-state index is 0.205. The van der Waals surface area contributed by atoms with Gasteiger partial charge >= 0.3 is 5.97 Å². The average Bonchev–Trinajstić information content (AvgIpc) is 2.53. The van der Waals surface area contributed by atoms with Gasteiger partial charge in [-0.25, -0.2) is 0 Å². The molecule has 0 aromatic carbocycles. The summed E-state index contributed by atoms with van der Waals surface area (Å²) in [6.45, 7) is 5.91. The number of hydrogen-bond acceptors (Lipinski definition) is 5. The van der Waals surface area contributed by atoms with Crippen molar-refractivity contribution in [3.63, 3.8) is 0 Å². The lowest BCUT2D eigenvalue weighted by Crippen LogP contribution is -2.29. The molecule has 2 aromatic rings. The third-order valence-electron chi connectivity index (χ3n) is 2.64. The normalized spacial score (nSPS) is 10.5. The minimum Gasteiger partial charge on any atom is -0.465 e. The van der Waals surface area contributed by atoms with Crippen LogP contribution in [0.4, 0.5) is 0 Å². The second-order valence-corrected chi connectivity index (χ2v) is 8.81. The number of esters is 1. The third-order valence-corrected chi connectivity index (χ3v) is 6.07. The Bertz CT molecular complexity index is 736. The second-order valence-electron chi connectivity index (χ2n) is 5.00. The predicted octanol–water partition coefficient (Wildman–Crippen LogP) is 5.78. The lowest BCUT2D eigenvalue weighted by Gasteiger charge is -2.21. The minimum atomic E-state index is -0.597. The van der Waals surface area contributed by atoms with Crippen LogP contribution in [0.25, 0.3) is 0 Å². The number of nitrogens with one attached hydrogen (secondary N) is 1. The third kappa shape index (κ3) is 7.04. The molecule has 0 atom stereocenters. The maximum Gasteiger partial charge on any atom is 0.321 e. The molecule has 4 nitrogen and oxygen atoms in total. The Morgan fingerprint density at radius 3 is 2.58 bits per heavy atom. The quantitative estimate of drug-likeness (QED) is 0.332. The maximum atomic E-state index is 11.7. The summed E-state index contributed by atoms with van der Waals surface area (Å²) in [6, 6.07) is 3.70. The molecule has 0 bridgehead atoms. The number of aromatic nitrogens is 2. The van der Waals surface area contributed by atoms with Crippen LogP contribution in [-0.2, 0) is 9.53 Å². The molecule has 0 aliphatic heterocycles. The van der Waals surface area contributed by atoms with E-state index in [1.807, 2.05) is 32.2 Å². The standard InChI is InChI=1S/C11H14BrNO2S.C5H4BrNS/c1-4-15-10(14)11(2,3)16-9-5-6-13-7-8(9)12;6-4-3-7-2-1-5(4)8/h5-7H,4H2,1-3H3;1-3H,(H,7,8). The van der Waals surface area contributed by atoms with Crippen molar-refractivity contribution in [3.8, 4) is 0 Å². The van der Waals surface area contributed by atoms with Gasteiger partial charge in [0.2, 0.25) is 0 Å². The first-order valence-electron chi connectivity index (χ1n) is 7.06. The van der Waals surface area contributed by atoms with Crippen molar-refractivity contribution < 1.29 is 9.53 Å². The fourth-order valence-electron chi connectivity index (χ4n) is 1.46. The first-order chi connectivity index (χ1) is 11.3. The monoisotopic (exact) mass is 492 g/mol. The molecule has 0 unspecified atom stereocenters. The number of pyridine rings is 2. The van der Waals surface area contributed by atoms with E-state index in [2.05, 4.69) is 41.8 Å². The highest BCUT2D eigenvalue weighted by atomic mass is 79.9. The SMILES string of the molecule is CCOC(=O)C(C)(C)Sc1ccncc1Br.S=c1cc[nH]cc1Br. The summed E-state index contributed by atoms with van der Waals surface area (Å²) >= 11 is 13.0. The number of aromatic amines is 1. The average molecular weight is 494 g/mol. The summed E-state index contributed by atoms with van der Waals surface area (Å²) in [4.78, 5) is 19.6. The number of carbonyl (C=O) groups is 1. The molecule has 2 aromatic heterocycles. The van der Waals surface area contributed by atoms with Crippen LogP contribution in [-0.4, -0.2) is 27.3 Å². The Hall–Kier alpha value is -0.700. The van der Waals surface area contributed by atoms with Gasteiger partial charge in [0.1, 0.15) is 4.75 Å². The molecule has 0 aliphatic carbocycles. The number of hydrogen-bond donors (Lipinski definition) is 1. The smallest absolute Gasteiger partial charge is 0.321 e. The molecule has 0 amide bonds. The van der Waals surface area contributed by atoms with E-state index in [4.69, 9.17) is 17.0 Å². The predicted molar refractivity (Wildman–Crippen MR) is 108 cm³/mol. The summed E-state index contributed by atoms with van der Waals surface area (Å²) in [5.74, 6) is -0.205. The number of H-pyrrole nitrogens is 1. The molecule has 0 saturated heterocycles.